The van der Waals surface area contributed by atoms with Crippen molar-refractivity contribution in [1.29, 1.82) is 10.5 Å². The van der Waals surface area contributed by atoms with E-state index in [9.17, 15) is 19.3 Å². The molecular weight excluding hydrogens is 894 g/mol. The van der Waals surface area contributed by atoms with Crippen LogP contribution in [0.1, 0.15) is 46.1 Å². The Bertz CT molecular complexity index is 2860. The molecule has 0 amide bonds. The van der Waals surface area contributed by atoms with E-state index in [2.05, 4.69) is 66.3 Å². The minimum atomic E-state index is -0.323. The van der Waals surface area contributed by atoms with Crippen LogP contribution in [-0.2, 0) is 12.8 Å². The van der Waals surface area contributed by atoms with Gasteiger partial charge < -0.3 is 10.2 Å². The molecule has 2 aromatic carbocycles. The zero-order chi connectivity index (χ0) is 40.5. The van der Waals surface area contributed by atoms with Crippen molar-refractivity contribution in [1.82, 2.24) is 29.2 Å². The summed E-state index contributed by atoms with van der Waals surface area (Å²) < 4.78 is 32.2. The van der Waals surface area contributed by atoms with Crippen molar-refractivity contribution in [3.05, 3.63) is 126 Å². The van der Waals surface area contributed by atoms with Crippen LogP contribution in [-0.4, -0.2) is 36.2 Å². The predicted molar refractivity (Wildman–Crippen MR) is 230 cm³/mol. The molecule has 0 unspecified atom stereocenters. The molecule has 286 valence electrons. The zero-order valence-electron chi connectivity index (χ0n) is 31.2. The molecule has 8 aromatic rings. The van der Waals surface area contributed by atoms with E-state index in [0.29, 0.717) is 42.5 Å². The fourth-order valence-electron chi connectivity index (χ4n) is 6.19. The number of nitriles is 2. The second-order valence-corrected chi connectivity index (χ2v) is 16.6. The van der Waals surface area contributed by atoms with E-state index < -0.39 is 0 Å². The lowest BCUT2D eigenvalue weighted by Gasteiger charge is -2.16. The van der Waals surface area contributed by atoms with Crippen LogP contribution in [0.5, 0.6) is 0 Å². The van der Waals surface area contributed by atoms with E-state index in [-0.39, 0.29) is 11.6 Å². The van der Waals surface area contributed by atoms with Gasteiger partial charge in [0.25, 0.3) is 0 Å². The lowest BCUT2D eigenvalue weighted by molar-refractivity contribution is 0.627. The average Bonchev–Trinajstić information content (AvgIpc) is 3.99. The Kier molecular flexibility index (Phi) is 11.5. The molecule has 6 aromatic heterocycles. The lowest BCUT2D eigenvalue weighted by Crippen LogP contribution is -2.10. The molecule has 0 spiro atoms. The maximum atomic E-state index is 13.3. The summed E-state index contributed by atoms with van der Waals surface area (Å²) in [5.74, 6) is -0.643. The van der Waals surface area contributed by atoms with Crippen molar-refractivity contribution in [2.75, 3.05) is 17.3 Å². The molecule has 0 aliphatic heterocycles. The number of anilines is 4. The third-order valence-electron chi connectivity index (χ3n) is 9.13. The largest absolute Gasteiger partial charge is 0.328 e. The molecule has 0 atom stereocenters. The summed E-state index contributed by atoms with van der Waals surface area (Å²) in [4.78, 5) is 12.2. The molecule has 10 nitrogen and oxygen atoms in total. The van der Waals surface area contributed by atoms with Crippen molar-refractivity contribution < 1.29 is 8.78 Å². The van der Waals surface area contributed by atoms with Crippen LogP contribution in [0.15, 0.2) is 82.0 Å². The Morgan fingerprint density at radius 3 is 1.77 bits per heavy atom. The molecule has 0 saturated heterocycles. The number of benzene rings is 2. The third-order valence-corrected chi connectivity index (χ3v) is 12.7. The first-order valence-corrected chi connectivity index (χ1v) is 20.8. The van der Waals surface area contributed by atoms with Crippen LogP contribution < -0.4 is 10.2 Å². The maximum absolute atomic E-state index is 13.3. The van der Waals surface area contributed by atoms with Crippen LogP contribution in [0, 0.1) is 48.1 Å². The number of nitrogens with zero attached hydrogens (tertiary/aromatic N) is 9. The van der Waals surface area contributed by atoms with Crippen LogP contribution in [0.2, 0.25) is 0 Å². The molecular formula is C41H32Br2F2N10S2. The maximum Gasteiger partial charge on any atom is 0.191 e. The highest BCUT2D eigenvalue weighted by Crippen LogP contribution is 2.39. The number of halogens is 4. The first kappa shape index (κ1) is 39.7. The summed E-state index contributed by atoms with van der Waals surface area (Å²) in [6.45, 7) is 8.14. The van der Waals surface area contributed by atoms with Gasteiger partial charge in [0.05, 0.1) is 33.8 Å². The number of nitrogens with one attached hydrogen (secondary N) is 1. The van der Waals surface area contributed by atoms with Gasteiger partial charge in [-0.05, 0) is 98.5 Å². The zero-order valence-corrected chi connectivity index (χ0v) is 36.0. The fraction of sp³-hybridized carbons (Fsp3) is 0.171. The molecule has 0 radical (unpaired) electrons. The lowest BCUT2D eigenvalue weighted by atomic mass is 10.1. The Hall–Kier alpha value is -5.52. The molecule has 0 saturated carbocycles. The van der Waals surface area contributed by atoms with Crippen LogP contribution >= 0.6 is 54.5 Å². The van der Waals surface area contributed by atoms with Gasteiger partial charge in [-0.2, -0.15) is 20.7 Å². The monoisotopic (exact) mass is 924 g/mol. The standard InChI is InChI=1S/C21H17BrFN5S.C20H15BrFN5S/c1-4-16-20(17-9-15(22)12(2)11-28(17)26-16)27(3)21-25-19(18(10-24)29-21)13-5-7-14(23)8-6-13;1-3-15-19(16-8-14(21)11(2)10-27(16)26-15)25-20-24-18(17(9-23)28-20)12-4-6-13(22)7-5-12/h5-9,11H,4H2,1-3H3;4-8,10H,3H2,1-2H3,(H,24,25). The Morgan fingerprint density at radius 1 is 0.737 bits per heavy atom. The molecule has 57 heavy (non-hydrogen) atoms. The Morgan fingerprint density at radius 2 is 1.23 bits per heavy atom. The van der Waals surface area contributed by atoms with Crippen molar-refractivity contribution in [3.8, 4) is 34.7 Å². The van der Waals surface area contributed by atoms with Gasteiger partial charge >= 0.3 is 0 Å². The Labute approximate surface area is 352 Å². The minimum Gasteiger partial charge on any atom is -0.328 e. The molecule has 0 aliphatic carbocycles. The predicted octanol–water partition coefficient (Wildman–Crippen LogP) is 11.7. The van der Waals surface area contributed by atoms with Crippen LogP contribution in [0.4, 0.5) is 30.4 Å². The highest BCUT2D eigenvalue weighted by atomic mass is 79.9. The highest BCUT2D eigenvalue weighted by molar-refractivity contribution is 9.10. The topological polar surface area (TPSA) is 123 Å². The second-order valence-electron chi connectivity index (χ2n) is 12.9. The minimum absolute atomic E-state index is 0.320. The highest BCUT2D eigenvalue weighted by Gasteiger charge is 2.23. The van der Waals surface area contributed by atoms with Gasteiger partial charge in [0.1, 0.15) is 44.9 Å². The van der Waals surface area contributed by atoms with Gasteiger partial charge in [0.2, 0.25) is 0 Å². The summed E-state index contributed by atoms with van der Waals surface area (Å²) in [7, 11) is 1.93. The molecule has 0 fully saturated rings. The van der Waals surface area contributed by atoms with Gasteiger partial charge in [-0.1, -0.05) is 68.4 Å². The molecule has 6 heterocycles. The SMILES string of the molecule is CCc1nn2cc(C)c(Br)cc2c1N(C)c1nc(-c2ccc(F)cc2)c(C#N)s1.CCc1nn2cc(C)c(Br)cc2c1Nc1nc(-c2ccc(F)cc2)c(C#N)s1. The molecule has 1 N–H and O–H groups in total. The van der Waals surface area contributed by atoms with E-state index in [1.54, 1.807) is 24.3 Å². The van der Waals surface area contributed by atoms with E-state index in [4.69, 9.17) is 10.1 Å². The third kappa shape index (κ3) is 7.91. The number of rotatable bonds is 8. The van der Waals surface area contributed by atoms with Crippen LogP contribution in [0.25, 0.3) is 33.5 Å². The van der Waals surface area contributed by atoms with E-state index in [1.165, 1.54) is 46.9 Å². The summed E-state index contributed by atoms with van der Waals surface area (Å²) >= 11 is 9.76. The molecule has 0 aliphatic rings. The number of hydrogen-bond acceptors (Lipinski definition) is 10. The van der Waals surface area contributed by atoms with Crippen LogP contribution in [0.3, 0.4) is 0 Å². The number of aryl methyl sites for hydroxylation is 4. The normalized spacial score (nSPS) is 11.0. The van der Waals surface area contributed by atoms with Crippen molar-refractivity contribution in [3.63, 3.8) is 0 Å². The molecule has 16 heteroatoms. The van der Waals surface area contributed by atoms with E-state index in [1.807, 2.05) is 66.3 Å². The number of fused-ring (bicyclic) bond motifs is 2. The summed E-state index contributed by atoms with van der Waals surface area (Å²) in [5, 5.41) is 33.1. The average molecular weight is 927 g/mol. The van der Waals surface area contributed by atoms with Gasteiger partial charge in [-0.3, -0.25) is 0 Å². The van der Waals surface area contributed by atoms with Crippen molar-refractivity contribution >= 4 is 87.2 Å². The molecule has 0 bridgehead atoms. The van der Waals surface area contributed by atoms with Crippen molar-refractivity contribution in [2.45, 2.75) is 40.5 Å². The number of thiazole rings is 2. The van der Waals surface area contributed by atoms with Gasteiger partial charge in [0.15, 0.2) is 10.3 Å². The van der Waals surface area contributed by atoms with Gasteiger partial charge in [-0.25, -0.2) is 27.8 Å². The first-order valence-electron chi connectivity index (χ1n) is 17.6. The summed E-state index contributed by atoms with van der Waals surface area (Å²) in [5.41, 5.74) is 10.3. The van der Waals surface area contributed by atoms with Gasteiger partial charge in [0, 0.05) is 39.5 Å². The molecule has 8 rings (SSSR count). The van der Waals surface area contributed by atoms with Gasteiger partial charge in [-0.15, -0.1) is 0 Å². The number of pyridine rings is 2. The quantitative estimate of drug-likeness (QED) is 0.160. The van der Waals surface area contributed by atoms with Crippen molar-refractivity contribution in [2.24, 2.45) is 0 Å². The fourth-order valence-corrected chi connectivity index (χ4v) is 8.47. The second kappa shape index (κ2) is 16.5. The van der Waals surface area contributed by atoms with E-state index >= 15 is 0 Å². The number of aromatic nitrogens is 6. The number of hydrogen-bond donors (Lipinski definition) is 1. The summed E-state index contributed by atoms with van der Waals surface area (Å²) in [6.07, 6.45) is 5.47. The summed E-state index contributed by atoms with van der Waals surface area (Å²) in [6, 6.07) is 20.5. The smallest absolute Gasteiger partial charge is 0.191 e. The first-order chi connectivity index (χ1) is 27.4. The Balaban J connectivity index is 0.000000174. The van der Waals surface area contributed by atoms with E-state index in [0.717, 1.165) is 66.7 Å².